The smallest absolute Gasteiger partial charge is 0.126 e. The fraction of sp³-hybridized carbons (Fsp3) is 0.333. The first-order valence-electron chi connectivity index (χ1n) is 7.33. The molecule has 3 nitrogen and oxygen atoms in total. The molecule has 0 saturated carbocycles. The molecular weight excluding hydrogens is 262 g/mol. The second-order valence-electron chi connectivity index (χ2n) is 5.46. The van der Waals surface area contributed by atoms with Gasteiger partial charge in [-0.25, -0.2) is 0 Å². The van der Waals surface area contributed by atoms with Crippen molar-refractivity contribution >= 4 is 5.69 Å². The van der Waals surface area contributed by atoms with Crippen LogP contribution in [0.15, 0.2) is 36.4 Å². The zero-order valence-electron chi connectivity index (χ0n) is 12.8. The van der Waals surface area contributed by atoms with E-state index in [1.54, 1.807) is 7.11 Å². The highest BCUT2D eigenvalue weighted by molar-refractivity contribution is 5.61. The molecule has 2 aromatic carbocycles. The van der Waals surface area contributed by atoms with E-state index in [-0.39, 0.29) is 6.04 Å². The van der Waals surface area contributed by atoms with Gasteiger partial charge in [0.15, 0.2) is 0 Å². The van der Waals surface area contributed by atoms with Gasteiger partial charge in [0.2, 0.25) is 0 Å². The molecular formula is C18H21NO2. The molecule has 1 atom stereocenters. The molecule has 1 aliphatic rings. The molecule has 0 radical (unpaired) electrons. The van der Waals surface area contributed by atoms with Gasteiger partial charge in [0.05, 0.1) is 19.8 Å². The minimum absolute atomic E-state index is 0.279. The van der Waals surface area contributed by atoms with Crippen LogP contribution in [0.2, 0.25) is 0 Å². The summed E-state index contributed by atoms with van der Waals surface area (Å²) in [7, 11) is 1.73. The zero-order valence-corrected chi connectivity index (χ0v) is 12.8. The number of ether oxygens (including phenoxy) is 2. The van der Waals surface area contributed by atoms with Gasteiger partial charge in [-0.2, -0.15) is 0 Å². The number of benzene rings is 2. The molecule has 1 heterocycles. The van der Waals surface area contributed by atoms with Gasteiger partial charge in [-0.15, -0.1) is 0 Å². The van der Waals surface area contributed by atoms with Gasteiger partial charge < -0.3 is 14.8 Å². The summed E-state index contributed by atoms with van der Waals surface area (Å²) in [6.45, 7) is 4.91. The molecule has 3 rings (SSSR count). The molecule has 21 heavy (non-hydrogen) atoms. The Kier molecular flexibility index (Phi) is 3.74. The van der Waals surface area contributed by atoms with Crippen molar-refractivity contribution in [3.05, 3.63) is 53.1 Å². The summed E-state index contributed by atoms with van der Waals surface area (Å²) in [5.41, 5.74) is 4.66. The maximum atomic E-state index is 5.72. The van der Waals surface area contributed by atoms with E-state index < -0.39 is 0 Å². The predicted molar refractivity (Wildman–Crippen MR) is 85.4 cm³/mol. The molecule has 0 fully saturated rings. The van der Waals surface area contributed by atoms with Crippen LogP contribution in [0.4, 0.5) is 5.69 Å². The fourth-order valence-electron chi connectivity index (χ4n) is 2.98. The molecule has 1 aliphatic heterocycles. The monoisotopic (exact) mass is 283 g/mol. The van der Waals surface area contributed by atoms with Crippen LogP contribution in [-0.4, -0.2) is 13.7 Å². The fourth-order valence-corrected chi connectivity index (χ4v) is 2.98. The Morgan fingerprint density at radius 2 is 1.95 bits per heavy atom. The molecule has 1 N–H and O–H groups in total. The van der Waals surface area contributed by atoms with E-state index in [2.05, 4.69) is 43.4 Å². The first-order valence-corrected chi connectivity index (χ1v) is 7.33. The lowest BCUT2D eigenvalue weighted by atomic mass is 9.99. The van der Waals surface area contributed by atoms with E-state index in [1.807, 2.05) is 12.1 Å². The summed E-state index contributed by atoms with van der Waals surface area (Å²) in [5, 5.41) is 3.65. The molecule has 110 valence electrons. The molecule has 2 aromatic rings. The Balaban J connectivity index is 1.92. The van der Waals surface area contributed by atoms with Gasteiger partial charge >= 0.3 is 0 Å². The average molecular weight is 283 g/mol. The highest BCUT2D eigenvalue weighted by Crippen LogP contribution is 2.36. The van der Waals surface area contributed by atoms with Gasteiger partial charge in [0, 0.05) is 23.2 Å². The number of para-hydroxylation sites is 1. The Hall–Kier alpha value is -2.16. The van der Waals surface area contributed by atoms with Crippen molar-refractivity contribution in [3.63, 3.8) is 0 Å². The number of rotatable bonds is 3. The largest absolute Gasteiger partial charge is 0.496 e. The summed E-state index contributed by atoms with van der Waals surface area (Å²) in [6.07, 6.45) is 0.965. The van der Waals surface area contributed by atoms with E-state index in [9.17, 15) is 0 Å². The van der Waals surface area contributed by atoms with Crippen molar-refractivity contribution in [1.29, 1.82) is 0 Å². The quantitative estimate of drug-likeness (QED) is 0.913. The second-order valence-corrected chi connectivity index (χ2v) is 5.46. The molecule has 1 unspecified atom stereocenters. The van der Waals surface area contributed by atoms with Gasteiger partial charge in [-0.1, -0.05) is 24.3 Å². The van der Waals surface area contributed by atoms with Crippen molar-refractivity contribution in [2.45, 2.75) is 26.3 Å². The molecule has 3 heteroatoms. The van der Waals surface area contributed by atoms with Crippen molar-refractivity contribution in [3.8, 4) is 11.5 Å². The van der Waals surface area contributed by atoms with Crippen molar-refractivity contribution in [2.75, 3.05) is 19.0 Å². The molecule has 0 amide bonds. The number of anilines is 1. The highest BCUT2D eigenvalue weighted by atomic mass is 16.5. The first-order chi connectivity index (χ1) is 10.2. The average Bonchev–Trinajstić information content (AvgIpc) is 2.51. The molecule has 0 spiro atoms. The molecule has 0 aliphatic carbocycles. The van der Waals surface area contributed by atoms with Gasteiger partial charge in [0.1, 0.15) is 11.5 Å². The summed E-state index contributed by atoms with van der Waals surface area (Å²) in [6, 6.07) is 12.7. The first kappa shape index (κ1) is 13.8. The maximum Gasteiger partial charge on any atom is 0.126 e. The Labute approximate surface area is 125 Å². The van der Waals surface area contributed by atoms with Crippen LogP contribution < -0.4 is 14.8 Å². The number of fused-ring (bicyclic) bond motifs is 1. The van der Waals surface area contributed by atoms with Crippen LogP contribution in [0.3, 0.4) is 0 Å². The third-order valence-electron chi connectivity index (χ3n) is 4.10. The topological polar surface area (TPSA) is 30.5 Å². The molecule has 0 aromatic heterocycles. The number of hydrogen-bond donors (Lipinski definition) is 1. The molecule has 0 saturated heterocycles. The van der Waals surface area contributed by atoms with E-state index in [0.717, 1.165) is 41.3 Å². The highest BCUT2D eigenvalue weighted by Gasteiger charge is 2.21. The number of aryl methyl sites for hydroxylation is 1. The third kappa shape index (κ3) is 2.56. The van der Waals surface area contributed by atoms with Crippen LogP contribution in [0.1, 0.15) is 29.2 Å². The van der Waals surface area contributed by atoms with Gasteiger partial charge in [-0.05, 0) is 31.5 Å². The standard InChI is InChI=1S/C18H21NO2/c1-12-8-9-15(13(2)18(12)20-3)19-16-10-11-21-17-7-5-4-6-14(16)17/h4-9,16,19H,10-11H2,1-3H3. The minimum Gasteiger partial charge on any atom is -0.496 e. The Morgan fingerprint density at radius 3 is 2.76 bits per heavy atom. The lowest BCUT2D eigenvalue weighted by Crippen LogP contribution is -2.20. The van der Waals surface area contributed by atoms with Crippen molar-refractivity contribution in [2.24, 2.45) is 0 Å². The number of hydrogen-bond acceptors (Lipinski definition) is 3. The van der Waals surface area contributed by atoms with Crippen molar-refractivity contribution in [1.82, 2.24) is 0 Å². The van der Waals surface area contributed by atoms with Crippen LogP contribution in [0.5, 0.6) is 11.5 Å². The van der Waals surface area contributed by atoms with Gasteiger partial charge in [0.25, 0.3) is 0 Å². The van der Waals surface area contributed by atoms with E-state index in [4.69, 9.17) is 9.47 Å². The second kappa shape index (κ2) is 5.68. The number of nitrogens with one attached hydrogen (secondary N) is 1. The third-order valence-corrected chi connectivity index (χ3v) is 4.10. The Bertz CT molecular complexity index is 652. The molecule has 0 bridgehead atoms. The Morgan fingerprint density at radius 1 is 1.14 bits per heavy atom. The SMILES string of the molecule is COc1c(C)ccc(NC2CCOc3ccccc32)c1C. The minimum atomic E-state index is 0.279. The normalized spacial score (nSPS) is 16.8. The van der Waals surface area contributed by atoms with Crippen molar-refractivity contribution < 1.29 is 9.47 Å². The summed E-state index contributed by atoms with van der Waals surface area (Å²) < 4.78 is 11.2. The number of methoxy groups -OCH3 is 1. The maximum absolute atomic E-state index is 5.72. The predicted octanol–water partition coefficient (Wildman–Crippen LogP) is 4.25. The van der Waals surface area contributed by atoms with Crippen LogP contribution in [-0.2, 0) is 0 Å². The van der Waals surface area contributed by atoms with E-state index >= 15 is 0 Å². The van der Waals surface area contributed by atoms with Crippen LogP contribution >= 0.6 is 0 Å². The zero-order chi connectivity index (χ0) is 14.8. The van der Waals surface area contributed by atoms with E-state index in [0.29, 0.717) is 0 Å². The lowest BCUT2D eigenvalue weighted by molar-refractivity contribution is 0.274. The van der Waals surface area contributed by atoms with E-state index in [1.165, 1.54) is 5.56 Å². The lowest BCUT2D eigenvalue weighted by Gasteiger charge is -2.28. The van der Waals surface area contributed by atoms with Gasteiger partial charge in [-0.3, -0.25) is 0 Å². The summed E-state index contributed by atoms with van der Waals surface area (Å²) >= 11 is 0. The summed E-state index contributed by atoms with van der Waals surface area (Å²) in [4.78, 5) is 0. The van der Waals surface area contributed by atoms with Crippen LogP contribution in [0.25, 0.3) is 0 Å². The van der Waals surface area contributed by atoms with Crippen LogP contribution in [0, 0.1) is 13.8 Å². The summed E-state index contributed by atoms with van der Waals surface area (Å²) in [5.74, 6) is 1.94.